The van der Waals surface area contributed by atoms with Crippen molar-refractivity contribution in [3.8, 4) is 5.75 Å². The Morgan fingerprint density at radius 2 is 2.09 bits per heavy atom. The lowest BCUT2D eigenvalue weighted by Gasteiger charge is -2.27. The average molecular weight is 573 g/mol. The summed E-state index contributed by atoms with van der Waals surface area (Å²) in [6.45, 7) is 5.56. The molecule has 7 nitrogen and oxygen atoms in total. The fraction of sp³-hybridized carbons (Fsp3) is 0.478. The quantitative estimate of drug-likeness (QED) is 0.209. The molecule has 0 saturated carbocycles. The molecule has 1 aliphatic heterocycles. The maximum absolute atomic E-state index is 12.6. The molecule has 1 amide bonds. The van der Waals surface area contributed by atoms with Crippen molar-refractivity contribution in [2.75, 3.05) is 40.5 Å². The molecule has 0 radical (unpaired) electrons. The maximum atomic E-state index is 12.6. The molecule has 0 unspecified atom stereocenters. The molecule has 2 aromatic rings. The summed E-state index contributed by atoms with van der Waals surface area (Å²) < 4.78 is 11.0. The number of thiophene rings is 1. The molecule has 0 fully saturated rings. The van der Waals surface area contributed by atoms with E-state index < -0.39 is 0 Å². The number of aliphatic imine (C=N–C) groups is 1. The van der Waals surface area contributed by atoms with E-state index >= 15 is 0 Å². The third kappa shape index (κ3) is 7.63. The van der Waals surface area contributed by atoms with Crippen LogP contribution in [-0.4, -0.2) is 57.2 Å². The van der Waals surface area contributed by atoms with Crippen LogP contribution in [0, 0.1) is 6.92 Å². The van der Waals surface area contributed by atoms with Gasteiger partial charge in [-0.2, -0.15) is 0 Å². The smallest absolute Gasteiger partial charge is 0.242 e. The molecule has 3 rings (SSSR count). The summed E-state index contributed by atoms with van der Waals surface area (Å²) in [6, 6.07) is 8.27. The standard InChI is InChI=1S/C23H32N4O3S.HI/c1-17-5-6-18(20(13-17)30-11-4-10-29-3)14-25-23(24-2)26-15-22(28)27-9-7-21-19(16-27)8-12-31-21;/h5-6,8,12-13H,4,7,9-11,14-16H2,1-3H3,(H2,24,25,26);1H. The van der Waals surface area contributed by atoms with Crippen molar-refractivity contribution in [1.29, 1.82) is 0 Å². The topological polar surface area (TPSA) is 75.2 Å². The zero-order valence-corrected chi connectivity index (χ0v) is 22.1. The van der Waals surface area contributed by atoms with Gasteiger partial charge >= 0.3 is 0 Å². The number of fused-ring (bicyclic) bond motifs is 1. The summed E-state index contributed by atoms with van der Waals surface area (Å²) in [7, 11) is 3.39. The molecule has 1 aromatic carbocycles. The Kier molecular flexibility index (Phi) is 11.3. The number of hydrogen-bond donors (Lipinski definition) is 2. The number of methoxy groups -OCH3 is 1. The van der Waals surface area contributed by atoms with Gasteiger partial charge in [0.25, 0.3) is 0 Å². The van der Waals surface area contributed by atoms with Crippen LogP contribution in [0.3, 0.4) is 0 Å². The van der Waals surface area contributed by atoms with Crippen LogP contribution in [0.25, 0.3) is 0 Å². The van der Waals surface area contributed by atoms with E-state index in [0.29, 0.717) is 32.3 Å². The Bertz CT molecular complexity index is 903. The number of guanidine groups is 1. The van der Waals surface area contributed by atoms with Crippen molar-refractivity contribution in [2.45, 2.75) is 32.9 Å². The predicted octanol–water partition coefficient (Wildman–Crippen LogP) is 3.34. The first kappa shape index (κ1) is 26.4. The molecule has 2 heterocycles. The first-order valence-corrected chi connectivity index (χ1v) is 11.5. The molecule has 0 aliphatic carbocycles. The molecule has 0 saturated heterocycles. The fourth-order valence-electron chi connectivity index (χ4n) is 3.46. The van der Waals surface area contributed by atoms with Crippen molar-refractivity contribution in [3.63, 3.8) is 0 Å². The molecule has 1 aromatic heterocycles. The van der Waals surface area contributed by atoms with Gasteiger partial charge in [-0.25, -0.2) is 0 Å². The number of carbonyl (C=O) groups excluding carboxylic acids is 1. The van der Waals surface area contributed by atoms with Crippen LogP contribution in [0.2, 0.25) is 0 Å². The van der Waals surface area contributed by atoms with Crippen LogP contribution >= 0.6 is 35.3 Å². The zero-order chi connectivity index (χ0) is 22.1. The highest BCUT2D eigenvalue weighted by atomic mass is 127. The minimum absolute atomic E-state index is 0. The van der Waals surface area contributed by atoms with Crippen LogP contribution in [0.15, 0.2) is 34.6 Å². The van der Waals surface area contributed by atoms with E-state index in [-0.39, 0.29) is 36.4 Å². The number of aryl methyl sites for hydroxylation is 1. The minimum Gasteiger partial charge on any atom is -0.493 e. The summed E-state index contributed by atoms with van der Waals surface area (Å²) in [4.78, 5) is 20.2. The number of amides is 1. The normalized spacial score (nSPS) is 13.2. The molecule has 176 valence electrons. The average Bonchev–Trinajstić information content (AvgIpc) is 3.25. The number of halogens is 1. The molecule has 2 N–H and O–H groups in total. The first-order chi connectivity index (χ1) is 15.1. The lowest BCUT2D eigenvalue weighted by molar-refractivity contribution is -0.130. The van der Waals surface area contributed by atoms with Gasteiger partial charge in [0.15, 0.2) is 5.96 Å². The van der Waals surface area contributed by atoms with E-state index in [1.165, 1.54) is 10.4 Å². The zero-order valence-electron chi connectivity index (χ0n) is 19.0. The van der Waals surface area contributed by atoms with Gasteiger partial charge in [-0.1, -0.05) is 12.1 Å². The predicted molar refractivity (Wildman–Crippen MR) is 140 cm³/mol. The Morgan fingerprint density at radius 3 is 2.88 bits per heavy atom. The van der Waals surface area contributed by atoms with Crippen molar-refractivity contribution in [1.82, 2.24) is 15.5 Å². The van der Waals surface area contributed by atoms with Gasteiger partial charge in [0, 0.05) is 57.3 Å². The molecule has 32 heavy (non-hydrogen) atoms. The number of carbonyl (C=O) groups is 1. The summed E-state index contributed by atoms with van der Waals surface area (Å²) in [5.74, 6) is 1.53. The van der Waals surface area contributed by atoms with Crippen LogP contribution < -0.4 is 15.4 Å². The van der Waals surface area contributed by atoms with E-state index in [9.17, 15) is 4.79 Å². The fourth-order valence-corrected chi connectivity index (χ4v) is 4.35. The Hall–Kier alpha value is -1.85. The van der Waals surface area contributed by atoms with Gasteiger partial charge in [-0.3, -0.25) is 9.79 Å². The number of rotatable bonds is 9. The highest BCUT2D eigenvalue weighted by Crippen LogP contribution is 2.24. The largest absolute Gasteiger partial charge is 0.493 e. The van der Waals surface area contributed by atoms with Crippen molar-refractivity contribution < 1.29 is 14.3 Å². The number of nitrogens with one attached hydrogen (secondary N) is 2. The molecular formula is C23H33IN4O3S. The summed E-state index contributed by atoms with van der Waals surface area (Å²) in [5, 5.41) is 8.52. The van der Waals surface area contributed by atoms with E-state index in [2.05, 4.69) is 39.2 Å². The molecular weight excluding hydrogens is 539 g/mol. The number of ether oxygens (including phenoxy) is 2. The Balaban J connectivity index is 0.00000363. The van der Waals surface area contributed by atoms with E-state index in [1.54, 1.807) is 25.5 Å². The highest BCUT2D eigenvalue weighted by molar-refractivity contribution is 14.0. The van der Waals surface area contributed by atoms with Gasteiger partial charge in [0.2, 0.25) is 5.91 Å². The lowest BCUT2D eigenvalue weighted by atomic mass is 10.1. The third-order valence-electron chi connectivity index (χ3n) is 5.21. The Morgan fingerprint density at radius 1 is 1.25 bits per heavy atom. The van der Waals surface area contributed by atoms with Crippen LogP contribution in [0.4, 0.5) is 0 Å². The van der Waals surface area contributed by atoms with Gasteiger partial charge in [0.05, 0.1) is 13.2 Å². The number of nitrogens with zero attached hydrogens (tertiary/aromatic N) is 2. The molecule has 0 bridgehead atoms. The van der Waals surface area contributed by atoms with Crippen LogP contribution in [0.5, 0.6) is 5.75 Å². The highest BCUT2D eigenvalue weighted by Gasteiger charge is 2.21. The first-order valence-electron chi connectivity index (χ1n) is 10.6. The van der Waals surface area contributed by atoms with Gasteiger partial charge < -0.3 is 25.0 Å². The molecule has 1 aliphatic rings. The number of benzene rings is 1. The van der Waals surface area contributed by atoms with Gasteiger partial charge in [-0.05, 0) is 42.0 Å². The van der Waals surface area contributed by atoms with Gasteiger partial charge in [0.1, 0.15) is 5.75 Å². The molecule has 0 atom stereocenters. The van der Waals surface area contributed by atoms with Crippen molar-refractivity contribution in [3.05, 3.63) is 51.2 Å². The number of hydrogen-bond acceptors (Lipinski definition) is 5. The van der Waals surface area contributed by atoms with E-state index in [4.69, 9.17) is 9.47 Å². The molecule has 9 heteroatoms. The monoisotopic (exact) mass is 572 g/mol. The van der Waals surface area contributed by atoms with E-state index in [0.717, 1.165) is 36.3 Å². The summed E-state index contributed by atoms with van der Waals surface area (Å²) in [6.07, 6.45) is 1.78. The Labute approximate surface area is 211 Å². The van der Waals surface area contributed by atoms with Gasteiger partial charge in [-0.15, -0.1) is 35.3 Å². The SMILES string of the molecule is CN=C(NCC(=O)N1CCc2sccc2C1)NCc1ccc(C)cc1OCCCOC.I. The van der Waals surface area contributed by atoms with E-state index in [1.807, 2.05) is 17.9 Å². The summed E-state index contributed by atoms with van der Waals surface area (Å²) in [5.41, 5.74) is 3.46. The van der Waals surface area contributed by atoms with Crippen molar-refractivity contribution >= 4 is 47.2 Å². The second-order valence-electron chi connectivity index (χ2n) is 7.52. The maximum Gasteiger partial charge on any atom is 0.242 e. The lowest BCUT2D eigenvalue weighted by Crippen LogP contribution is -2.45. The minimum atomic E-state index is 0. The van der Waals surface area contributed by atoms with Crippen molar-refractivity contribution in [2.24, 2.45) is 4.99 Å². The van der Waals surface area contributed by atoms with Crippen LogP contribution in [-0.2, 0) is 29.0 Å². The molecule has 0 spiro atoms. The van der Waals surface area contributed by atoms with Crippen LogP contribution in [0.1, 0.15) is 28.0 Å². The third-order valence-corrected chi connectivity index (χ3v) is 6.23. The second-order valence-corrected chi connectivity index (χ2v) is 8.52. The second kappa shape index (κ2) is 13.6. The summed E-state index contributed by atoms with van der Waals surface area (Å²) >= 11 is 1.78.